The lowest BCUT2D eigenvalue weighted by molar-refractivity contribution is -0.929. The number of anilines is 1. The van der Waals surface area contributed by atoms with E-state index in [-0.39, 0.29) is 112 Å². The van der Waals surface area contributed by atoms with Crippen LogP contribution in [0.5, 0.6) is 5.75 Å². The van der Waals surface area contributed by atoms with Crippen molar-refractivity contribution in [2.45, 2.75) is 129 Å². The molecule has 0 unspecified atom stereocenters. The molecule has 4 aromatic rings. The number of pyridine rings is 2. The lowest BCUT2D eigenvalue weighted by Crippen LogP contribution is -2.53. The van der Waals surface area contributed by atoms with Crippen LogP contribution < -0.4 is 37.2 Å². The first-order valence-corrected chi connectivity index (χ1v) is 28.2. The number of phenols is 1. The summed E-state index contributed by atoms with van der Waals surface area (Å²) in [6.07, 6.45) is 3.92. The van der Waals surface area contributed by atoms with Crippen LogP contribution in [0, 0.1) is 0 Å². The molecule has 4 aliphatic rings. The predicted octanol–water partition coefficient (Wildman–Crippen LogP) is 1.45. The maximum Gasteiger partial charge on any atom is 0.411 e. The van der Waals surface area contributed by atoms with Crippen LogP contribution >= 0.6 is 0 Å². The molecule has 8 rings (SSSR count). The highest BCUT2D eigenvalue weighted by Crippen LogP contribution is 2.40. The Hall–Kier alpha value is -8.55. The third kappa shape index (κ3) is 15.6. The zero-order valence-electron chi connectivity index (χ0n) is 48.0. The second-order valence-electron chi connectivity index (χ2n) is 22.1. The van der Waals surface area contributed by atoms with Gasteiger partial charge >= 0.3 is 12.1 Å². The number of benzene rings is 2. The van der Waals surface area contributed by atoms with E-state index < -0.39 is 59.7 Å². The Morgan fingerprint density at radius 1 is 0.905 bits per heavy atom. The Morgan fingerprint density at radius 2 is 1.58 bits per heavy atom. The summed E-state index contributed by atoms with van der Waals surface area (Å²) < 4.78 is 12.9. The minimum atomic E-state index is -1.92. The summed E-state index contributed by atoms with van der Waals surface area (Å²) >= 11 is 0. The van der Waals surface area contributed by atoms with Gasteiger partial charge in [-0.2, -0.15) is 0 Å². The van der Waals surface area contributed by atoms with Crippen molar-refractivity contribution in [2.24, 2.45) is 0 Å². The molecule has 450 valence electrons. The summed E-state index contributed by atoms with van der Waals surface area (Å²) in [6.45, 7) is 7.80. The molecule has 7 amide bonds. The molecular formula is C59H74N10O15. The van der Waals surface area contributed by atoms with Crippen LogP contribution in [-0.4, -0.2) is 160 Å². The third-order valence-corrected chi connectivity index (χ3v) is 15.5. The molecule has 4 aliphatic heterocycles. The molecule has 0 radical (unpaired) electrons. The number of esters is 1. The van der Waals surface area contributed by atoms with Crippen LogP contribution in [0.4, 0.5) is 10.5 Å². The second kappa shape index (κ2) is 28.1. The lowest BCUT2D eigenvalue weighted by Gasteiger charge is -2.43. The van der Waals surface area contributed by atoms with Crippen LogP contribution in [0.25, 0.3) is 22.3 Å². The summed E-state index contributed by atoms with van der Waals surface area (Å²) in [4.78, 5) is 130. The molecule has 2 atom stereocenters. The summed E-state index contributed by atoms with van der Waals surface area (Å²) in [5.74, 6) is -3.19. The minimum absolute atomic E-state index is 0.0103. The Morgan fingerprint density at radius 3 is 2.26 bits per heavy atom. The van der Waals surface area contributed by atoms with Crippen molar-refractivity contribution in [2.75, 3.05) is 58.7 Å². The number of cyclic esters (lactones) is 1. The number of piperidine rings is 1. The molecule has 6 heterocycles. The lowest BCUT2D eigenvalue weighted by atomic mass is 9.86. The highest BCUT2D eigenvalue weighted by Gasteiger charge is 2.45. The number of carboxylic acid groups (broad SMARTS) is 1. The topological polar surface area (TPSA) is 337 Å². The Kier molecular flexibility index (Phi) is 21.1. The van der Waals surface area contributed by atoms with Gasteiger partial charge in [-0.25, -0.2) is 14.6 Å². The van der Waals surface area contributed by atoms with Gasteiger partial charge in [0.15, 0.2) is 5.60 Å². The van der Waals surface area contributed by atoms with E-state index >= 15 is 0 Å². The quantitative estimate of drug-likeness (QED) is 0.0151. The normalized spacial score (nSPS) is 16.8. The maximum atomic E-state index is 13.7. The van der Waals surface area contributed by atoms with Crippen molar-refractivity contribution in [1.82, 2.24) is 40.6 Å². The van der Waals surface area contributed by atoms with Gasteiger partial charge in [-0.1, -0.05) is 19.1 Å². The number of carbonyl (C=O) groups is 9. The van der Waals surface area contributed by atoms with Crippen LogP contribution in [0.2, 0.25) is 0 Å². The first-order valence-electron chi connectivity index (χ1n) is 28.2. The van der Waals surface area contributed by atoms with Gasteiger partial charge in [0.2, 0.25) is 23.6 Å². The number of amides is 7. The number of likely N-dealkylation sites (tertiary alicyclic amines) is 1. The number of hydrogen-bond donors (Lipinski definition) is 7. The van der Waals surface area contributed by atoms with Crippen LogP contribution in [0.1, 0.15) is 106 Å². The number of rotatable bonds is 24. The van der Waals surface area contributed by atoms with Crippen molar-refractivity contribution in [3.63, 3.8) is 0 Å². The molecule has 0 spiro atoms. The van der Waals surface area contributed by atoms with Gasteiger partial charge in [0.1, 0.15) is 31.5 Å². The van der Waals surface area contributed by atoms with Gasteiger partial charge in [-0.3, -0.25) is 48.7 Å². The molecule has 7 N–H and O–H groups in total. The zero-order chi connectivity index (χ0) is 60.9. The van der Waals surface area contributed by atoms with Crippen molar-refractivity contribution < 1.29 is 72.4 Å². The summed E-state index contributed by atoms with van der Waals surface area (Å²) in [7, 11) is 4.42. The molecule has 25 nitrogen and oxygen atoms in total. The molecule has 2 aromatic heterocycles. The Balaban J connectivity index is 0.00000330. The minimum Gasteiger partial charge on any atom is -0.554 e. The predicted molar refractivity (Wildman–Crippen MR) is 303 cm³/mol. The first kappa shape index (κ1) is 63.0. The number of quaternary nitrogens is 1. The van der Waals surface area contributed by atoms with Gasteiger partial charge in [-0.05, 0) is 75.9 Å². The first-order chi connectivity index (χ1) is 40.0. The zero-order valence-corrected chi connectivity index (χ0v) is 48.0. The van der Waals surface area contributed by atoms with Gasteiger partial charge in [0.25, 0.3) is 17.4 Å². The van der Waals surface area contributed by atoms with Gasteiger partial charge in [-0.15, -0.1) is 0 Å². The van der Waals surface area contributed by atoms with E-state index in [1.165, 1.54) is 0 Å². The number of nitrogens with zero attached hydrogens (tertiary/aromatic N) is 5. The van der Waals surface area contributed by atoms with E-state index in [1.807, 2.05) is 32.0 Å². The van der Waals surface area contributed by atoms with Crippen molar-refractivity contribution >= 4 is 70.6 Å². The number of phenolic OH excluding ortho intramolecular Hbond substituents is 1. The molecular weight excluding hydrogens is 1090 g/mol. The highest BCUT2D eigenvalue weighted by molar-refractivity contribution is 6.12. The number of hydrogen-bond acceptors (Lipinski definition) is 17. The number of ether oxygens (including phenoxy) is 2. The van der Waals surface area contributed by atoms with Gasteiger partial charge in [0, 0.05) is 123 Å². The Bertz CT molecular complexity index is 3220. The monoisotopic (exact) mass is 1160 g/mol. The number of aromatic nitrogens is 2. The fourth-order valence-electron chi connectivity index (χ4n) is 11.0. The van der Waals surface area contributed by atoms with Crippen molar-refractivity contribution in [1.29, 1.82) is 0 Å². The molecule has 0 aliphatic carbocycles. The highest BCUT2D eigenvalue weighted by atomic mass is 16.6. The fraction of sp³-hybridized carbons (Fsp3) is 0.475. The molecule has 1 saturated heterocycles. The smallest absolute Gasteiger partial charge is 0.411 e. The van der Waals surface area contributed by atoms with E-state index in [9.17, 15) is 53.4 Å². The number of fused-ring (bicyclic) bond motifs is 5. The molecule has 0 bridgehead atoms. The largest absolute Gasteiger partial charge is 0.554 e. The van der Waals surface area contributed by atoms with E-state index in [0.717, 1.165) is 76.1 Å². The summed E-state index contributed by atoms with van der Waals surface area (Å²) in [5.41, 5.74) is 3.22. The number of aromatic hydroxyl groups is 1. The molecule has 1 fully saturated rings. The number of aliphatic hydroxyl groups is 1. The third-order valence-electron chi connectivity index (χ3n) is 15.5. The van der Waals surface area contributed by atoms with Crippen LogP contribution in [-0.2, 0) is 79.7 Å². The fourth-order valence-corrected chi connectivity index (χ4v) is 11.0. The summed E-state index contributed by atoms with van der Waals surface area (Å²) in [5, 5.41) is 45.0. The van der Waals surface area contributed by atoms with E-state index in [1.54, 1.807) is 41.8 Å². The van der Waals surface area contributed by atoms with E-state index in [4.69, 9.17) is 24.4 Å². The van der Waals surface area contributed by atoms with Gasteiger partial charge < -0.3 is 59.9 Å². The number of carbonyl (C=O) groups excluding carboxylic acids is 9. The second-order valence-corrected chi connectivity index (χ2v) is 22.1. The molecule has 0 saturated carbocycles. The summed E-state index contributed by atoms with van der Waals surface area (Å²) in [6, 6.07) is 13.9. The van der Waals surface area contributed by atoms with E-state index in [0.29, 0.717) is 41.6 Å². The molecule has 84 heavy (non-hydrogen) atoms. The standard InChI is InChI=1S/C58H72N10O13.CH2O2/c1-6-58(79)43-30-46-53-37(31-67(46)55(76)42(43)34-81-56(58)77)29-40-41(47(69)17-15-44(40)64-53)32-65-26-21-39(22-27-65)68(4,5)33-36-11-13-38(14-12-36)62-57(78)80-28-24-59-48(70)18-16-45(54(75)60-23-7-9-49(71)61-35(2)3)63-50(72)10-8-25-66-51(73)19-20-52(66)74;2-1-3/h11-15,17,19-20,29-30,35,39,45,79H,6-10,16,18,21-28,31-34H2,1-5H3,(H5-,59,60,61,62,63,69,70,71,72,75,76,78);1H,(H,2,3)/t45-,58-;/m0./s1. The number of imide groups is 1. The molecule has 2 aromatic carbocycles. The Labute approximate surface area is 485 Å². The number of nitrogens with one attached hydrogen (secondary N) is 5. The van der Waals surface area contributed by atoms with Crippen LogP contribution in [0.3, 0.4) is 0 Å². The molecule has 25 heteroatoms. The average Bonchev–Trinajstić information content (AvgIpc) is 1.67. The maximum absolute atomic E-state index is 13.7. The van der Waals surface area contributed by atoms with Crippen molar-refractivity contribution in [3.8, 4) is 17.1 Å². The van der Waals surface area contributed by atoms with Crippen LogP contribution in [0.15, 0.2) is 65.5 Å². The average molecular weight is 1160 g/mol. The SMILES string of the molecule is CC[C@@]1(O)C(=O)OCc2c1cc1n(c2=O)Cc2cc3c(CN4CCC([N+](C)(C)Cc5ccc(NC(=O)OCCNC(=O)CC[C@H](NC(=O)CCCN6C(=O)C=CC6=O)C(=O)NCCCC(=O)NC(C)C)cc5)CC4)c(O)ccc3nc2-1.O=C[O-]. The van der Waals surface area contributed by atoms with E-state index in [2.05, 4.69) is 45.6 Å². The van der Waals surface area contributed by atoms with Crippen molar-refractivity contribution in [3.05, 3.63) is 98.9 Å². The van der Waals surface area contributed by atoms with Gasteiger partial charge in [0.05, 0.1) is 55.7 Å².